The highest BCUT2D eigenvalue weighted by molar-refractivity contribution is 6.04. The van der Waals surface area contributed by atoms with Gasteiger partial charge < -0.3 is 30.2 Å². The molecule has 4 aromatic rings. The number of unbranched alkanes of at least 4 members (excludes halogenated alkanes) is 2. The van der Waals surface area contributed by atoms with E-state index in [4.69, 9.17) is 9.15 Å². The number of ether oxygens (including phenoxy) is 1. The van der Waals surface area contributed by atoms with E-state index in [1.807, 2.05) is 43.3 Å². The number of nitrogens with zero attached hydrogens (tertiary/aromatic N) is 1. The number of carbonyl (C=O) groups is 2. The first-order chi connectivity index (χ1) is 21.9. The Balaban J connectivity index is 1.11. The van der Waals surface area contributed by atoms with Gasteiger partial charge in [0.2, 0.25) is 0 Å². The average molecular weight is 611 g/mol. The van der Waals surface area contributed by atoms with Crippen LogP contribution in [0.4, 0.5) is 16.2 Å². The number of benzene rings is 3. The number of likely N-dealkylation sites (tertiary alicyclic amines) is 1. The van der Waals surface area contributed by atoms with E-state index < -0.39 is 0 Å². The second-order valence-corrected chi connectivity index (χ2v) is 11.5. The van der Waals surface area contributed by atoms with Gasteiger partial charge in [-0.15, -0.1) is 0 Å². The van der Waals surface area contributed by atoms with Crippen molar-refractivity contribution < 1.29 is 23.8 Å². The fourth-order valence-electron chi connectivity index (χ4n) is 5.23. The van der Waals surface area contributed by atoms with Gasteiger partial charge in [-0.25, -0.2) is 4.79 Å². The van der Waals surface area contributed by atoms with Crippen molar-refractivity contribution in [2.24, 2.45) is 0 Å². The van der Waals surface area contributed by atoms with Crippen molar-refractivity contribution in [2.75, 3.05) is 30.3 Å². The number of hydrogen-bond acceptors (Lipinski definition) is 6. The van der Waals surface area contributed by atoms with E-state index in [1.165, 1.54) is 0 Å². The van der Waals surface area contributed by atoms with Crippen molar-refractivity contribution in [2.45, 2.75) is 58.6 Å². The molecule has 0 unspecified atom stereocenters. The van der Waals surface area contributed by atoms with Gasteiger partial charge in [0.15, 0.2) is 0 Å². The summed E-state index contributed by atoms with van der Waals surface area (Å²) >= 11 is 0. The summed E-state index contributed by atoms with van der Waals surface area (Å²) in [6, 6.07) is 23.8. The molecule has 0 saturated carbocycles. The first-order valence-corrected chi connectivity index (χ1v) is 15.7. The molecular weight excluding hydrogens is 568 g/mol. The highest BCUT2D eigenvalue weighted by Crippen LogP contribution is 2.29. The molecule has 9 nitrogen and oxygen atoms in total. The maximum Gasteiger partial charge on any atom is 0.319 e. The van der Waals surface area contributed by atoms with Gasteiger partial charge in [0, 0.05) is 42.1 Å². The summed E-state index contributed by atoms with van der Waals surface area (Å²) in [6.07, 6.45) is 4.57. The number of rotatable bonds is 12. The number of aliphatic hydroxyl groups excluding tert-OH is 1. The van der Waals surface area contributed by atoms with E-state index in [0.717, 1.165) is 74.4 Å². The number of furan rings is 1. The highest BCUT2D eigenvalue weighted by Gasteiger charge is 2.18. The first-order valence-electron chi connectivity index (χ1n) is 15.7. The third-order valence-corrected chi connectivity index (χ3v) is 7.87. The van der Waals surface area contributed by atoms with Crippen molar-refractivity contribution in [1.82, 2.24) is 10.2 Å². The van der Waals surface area contributed by atoms with Crippen molar-refractivity contribution >= 4 is 23.3 Å². The molecule has 1 fully saturated rings. The van der Waals surface area contributed by atoms with Gasteiger partial charge in [0.25, 0.3) is 5.91 Å². The van der Waals surface area contributed by atoms with Gasteiger partial charge >= 0.3 is 6.03 Å². The van der Waals surface area contributed by atoms with Crippen LogP contribution in [0.2, 0.25) is 0 Å². The molecular formula is C36H42N4O5. The minimum Gasteiger partial charge on any atom is -0.460 e. The molecule has 1 saturated heterocycles. The van der Waals surface area contributed by atoms with E-state index in [-0.39, 0.29) is 18.0 Å². The van der Waals surface area contributed by atoms with Crippen LogP contribution in [0.5, 0.6) is 11.5 Å². The molecule has 1 aromatic heterocycles. The molecule has 4 N–H and O–H groups in total. The summed E-state index contributed by atoms with van der Waals surface area (Å²) in [4.78, 5) is 27.3. The van der Waals surface area contributed by atoms with Crippen LogP contribution < -0.4 is 20.7 Å². The zero-order valence-corrected chi connectivity index (χ0v) is 26.0. The summed E-state index contributed by atoms with van der Waals surface area (Å²) < 4.78 is 12.1. The van der Waals surface area contributed by atoms with Crippen LogP contribution in [-0.4, -0.2) is 47.7 Å². The molecule has 0 spiro atoms. The number of aryl methyl sites for hydroxylation is 1. The molecule has 5 rings (SSSR count). The van der Waals surface area contributed by atoms with Crippen LogP contribution in [-0.2, 0) is 6.54 Å². The van der Waals surface area contributed by atoms with E-state index in [0.29, 0.717) is 35.0 Å². The van der Waals surface area contributed by atoms with Gasteiger partial charge in [-0.3, -0.25) is 9.69 Å². The maximum absolute atomic E-state index is 13.0. The number of hydrogen-bond donors (Lipinski definition) is 4. The lowest BCUT2D eigenvalue weighted by atomic mass is 10.1. The standard InChI is InChI=1S/C36H42N4O5/c1-3-4-5-20-37-36(43)39-28-10-13-31(14-11-28)44-33-16-12-29(23-25(33)2)38-35(42)27-8-6-26(7-9-27)34-17-15-32(45-34)24-40-21-18-30(41)19-22-40/h6-17,23,30,41H,3-5,18-22,24H2,1-2H3,(H,38,42)(H2,37,39,43). The largest absolute Gasteiger partial charge is 0.460 e. The Morgan fingerprint density at radius 1 is 0.911 bits per heavy atom. The molecule has 0 aliphatic carbocycles. The molecule has 45 heavy (non-hydrogen) atoms. The number of piperidine rings is 1. The molecule has 0 radical (unpaired) electrons. The van der Waals surface area contributed by atoms with E-state index in [2.05, 4.69) is 27.8 Å². The lowest BCUT2D eigenvalue weighted by Gasteiger charge is -2.28. The van der Waals surface area contributed by atoms with Gasteiger partial charge in [-0.2, -0.15) is 0 Å². The van der Waals surface area contributed by atoms with Crippen LogP contribution in [0.3, 0.4) is 0 Å². The predicted molar refractivity (Wildman–Crippen MR) is 177 cm³/mol. The number of anilines is 2. The zero-order valence-electron chi connectivity index (χ0n) is 26.0. The Hall–Kier alpha value is -4.60. The number of aliphatic hydroxyl groups is 1. The average Bonchev–Trinajstić information content (AvgIpc) is 3.51. The second kappa shape index (κ2) is 15.4. The smallest absolute Gasteiger partial charge is 0.319 e. The van der Waals surface area contributed by atoms with Crippen LogP contribution in [0.25, 0.3) is 11.3 Å². The third-order valence-electron chi connectivity index (χ3n) is 7.87. The Morgan fingerprint density at radius 3 is 2.36 bits per heavy atom. The fourth-order valence-corrected chi connectivity index (χ4v) is 5.23. The molecule has 2 heterocycles. The molecule has 236 valence electrons. The summed E-state index contributed by atoms with van der Waals surface area (Å²) in [5.41, 5.74) is 3.66. The van der Waals surface area contributed by atoms with Gasteiger partial charge in [-0.1, -0.05) is 31.9 Å². The topological polar surface area (TPSA) is 116 Å². The van der Waals surface area contributed by atoms with Crippen LogP contribution >= 0.6 is 0 Å². The van der Waals surface area contributed by atoms with Crippen molar-refractivity contribution in [1.29, 1.82) is 0 Å². The Bertz CT molecular complexity index is 1560. The molecule has 0 atom stereocenters. The Kier molecular flexibility index (Phi) is 10.9. The number of carbonyl (C=O) groups excluding carboxylic acids is 2. The van der Waals surface area contributed by atoms with E-state index in [9.17, 15) is 14.7 Å². The van der Waals surface area contributed by atoms with Gasteiger partial charge in [0.05, 0.1) is 12.6 Å². The summed E-state index contributed by atoms with van der Waals surface area (Å²) in [5, 5.41) is 18.4. The molecule has 3 aromatic carbocycles. The molecule has 0 bridgehead atoms. The summed E-state index contributed by atoms with van der Waals surface area (Å²) in [7, 11) is 0. The number of urea groups is 1. The summed E-state index contributed by atoms with van der Waals surface area (Å²) in [5.74, 6) is 2.74. The predicted octanol–water partition coefficient (Wildman–Crippen LogP) is 7.57. The Morgan fingerprint density at radius 2 is 1.64 bits per heavy atom. The van der Waals surface area contributed by atoms with E-state index >= 15 is 0 Å². The Labute approximate surface area is 264 Å². The highest BCUT2D eigenvalue weighted by atomic mass is 16.5. The first kappa shape index (κ1) is 31.8. The SMILES string of the molecule is CCCCCNC(=O)Nc1ccc(Oc2ccc(NC(=O)c3ccc(-c4ccc(CN5CCC(O)CC5)o4)cc3)cc2C)cc1. The van der Waals surface area contributed by atoms with Crippen LogP contribution in [0, 0.1) is 6.92 Å². The van der Waals surface area contributed by atoms with Gasteiger partial charge in [-0.05, 0) is 98.5 Å². The van der Waals surface area contributed by atoms with Crippen LogP contribution in [0.1, 0.15) is 60.7 Å². The van der Waals surface area contributed by atoms with Crippen molar-refractivity contribution in [3.8, 4) is 22.8 Å². The maximum atomic E-state index is 13.0. The quantitative estimate of drug-likeness (QED) is 0.123. The van der Waals surface area contributed by atoms with Crippen molar-refractivity contribution in [3.63, 3.8) is 0 Å². The summed E-state index contributed by atoms with van der Waals surface area (Å²) in [6.45, 7) is 7.16. The third kappa shape index (κ3) is 9.20. The lowest BCUT2D eigenvalue weighted by Crippen LogP contribution is -2.35. The normalized spacial score (nSPS) is 13.8. The molecule has 9 heteroatoms. The molecule has 1 aliphatic rings. The van der Waals surface area contributed by atoms with Crippen LogP contribution in [0.15, 0.2) is 83.3 Å². The lowest BCUT2D eigenvalue weighted by molar-refractivity contribution is 0.0761. The number of nitrogens with one attached hydrogen (secondary N) is 3. The van der Waals surface area contributed by atoms with E-state index in [1.54, 1.807) is 42.5 Å². The molecule has 1 aliphatic heterocycles. The monoisotopic (exact) mass is 610 g/mol. The second-order valence-electron chi connectivity index (χ2n) is 11.5. The minimum atomic E-state index is -0.220. The van der Waals surface area contributed by atoms with Gasteiger partial charge in [0.1, 0.15) is 23.0 Å². The fraction of sp³-hybridized carbons (Fsp3) is 0.333. The van der Waals surface area contributed by atoms with Crippen molar-refractivity contribution in [3.05, 3.63) is 95.7 Å². The zero-order chi connectivity index (χ0) is 31.6. The minimum absolute atomic E-state index is 0.193. The number of amides is 3. The molecule has 3 amide bonds.